The van der Waals surface area contributed by atoms with Crippen molar-refractivity contribution in [1.29, 1.82) is 0 Å². The van der Waals surface area contributed by atoms with Gasteiger partial charge in [0.2, 0.25) is 23.6 Å². The molecular formula is C28H37ClN4O4S. The average molecular weight is 561 g/mol. The first-order valence-electron chi connectivity index (χ1n) is 13.1. The fourth-order valence-corrected chi connectivity index (χ4v) is 6.25. The van der Waals surface area contributed by atoms with Crippen molar-refractivity contribution >= 4 is 46.6 Å². The lowest BCUT2D eigenvalue weighted by molar-refractivity contribution is -0.142. The zero-order chi connectivity index (χ0) is 27.8. The summed E-state index contributed by atoms with van der Waals surface area (Å²) in [6.45, 7) is 4.89. The van der Waals surface area contributed by atoms with Gasteiger partial charge in [-0.25, -0.2) is 0 Å². The molecule has 0 saturated carbocycles. The largest absolute Gasteiger partial charge is 0.368 e. The van der Waals surface area contributed by atoms with Crippen molar-refractivity contribution < 1.29 is 19.2 Å². The van der Waals surface area contributed by atoms with Crippen LogP contribution in [0.4, 0.5) is 0 Å². The topological polar surface area (TPSA) is 127 Å². The number of rotatable bonds is 8. The minimum atomic E-state index is -0.510. The van der Waals surface area contributed by atoms with Crippen LogP contribution in [0.5, 0.6) is 0 Å². The number of carbonyl (C=O) groups is 4. The Balaban J connectivity index is 0.000000212. The van der Waals surface area contributed by atoms with Crippen LogP contribution in [0.15, 0.2) is 41.1 Å². The molecule has 10 heteroatoms. The van der Waals surface area contributed by atoms with Crippen molar-refractivity contribution in [2.45, 2.75) is 76.3 Å². The van der Waals surface area contributed by atoms with Crippen molar-refractivity contribution in [3.05, 3.63) is 57.2 Å². The summed E-state index contributed by atoms with van der Waals surface area (Å²) in [6, 6.07) is 8.79. The van der Waals surface area contributed by atoms with E-state index >= 15 is 0 Å². The molecule has 0 radical (unpaired) electrons. The maximum absolute atomic E-state index is 12.0. The van der Waals surface area contributed by atoms with Crippen LogP contribution in [0.1, 0.15) is 75.3 Å². The minimum absolute atomic E-state index is 0.00827. The average Bonchev–Trinajstić information content (AvgIpc) is 3.42. The van der Waals surface area contributed by atoms with Gasteiger partial charge in [-0.1, -0.05) is 37.6 Å². The van der Waals surface area contributed by atoms with Crippen LogP contribution in [0.3, 0.4) is 0 Å². The third-order valence-corrected chi connectivity index (χ3v) is 8.34. The molecule has 4 atom stereocenters. The maximum Gasteiger partial charge on any atom is 0.240 e. The van der Waals surface area contributed by atoms with E-state index in [4.69, 9.17) is 23.1 Å². The number of carbonyl (C=O) groups excluding carboxylic acids is 4. The quantitative estimate of drug-likeness (QED) is 0.505. The van der Waals surface area contributed by atoms with E-state index in [-0.39, 0.29) is 17.7 Å². The van der Waals surface area contributed by atoms with E-state index in [1.165, 1.54) is 5.56 Å². The fourth-order valence-electron chi connectivity index (χ4n) is 5.31. The van der Waals surface area contributed by atoms with Crippen molar-refractivity contribution in [3.63, 3.8) is 0 Å². The van der Waals surface area contributed by atoms with Gasteiger partial charge in [-0.2, -0.15) is 11.3 Å². The van der Waals surface area contributed by atoms with Gasteiger partial charge in [0.05, 0.1) is 0 Å². The van der Waals surface area contributed by atoms with E-state index < -0.39 is 23.9 Å². The second kappa shape index (κ2) is 13.8. The summed E-state index contributed by atoms with van der Waals surface area (Å²) in [4.78, 5) is 50.1. The molecule has 38 heavy (non-hydrogen) atoms. The Bertz CT molecular complexity index is 1130. The van der Waals surface area contributed by atoms with E-state index in [0.717, 1.165) is 18.4 Å². The molecule has 4 amide bonds. The molecule has 0 bridgehead atoms. The van der Waals surface area contributed by atoms with Gasteiger partial charge in [0, 0.05) is 42.8 Å². The van der Waals surface area contributed by atoms with Crippen LogP contribution >= 0.6 is 22.9 Å². The second-order valence-corrected chi connectivity index (χ2v) is 11.0. The van der Waals surface area contributed by atoms with Crippen molar-refractivity contribution in [2.75, 3.05) is 13.1 Å². The molecule has 206 valence electrons. The van der Waals surface area contributed by atoms with Gasteiger partial charge in [0.25, 0.3) is 0 Å². The Morgan fingerprint density at radius 2 is 1.45 bits per heavy atom. The molecule has 3 heterocycles. The summed E-state index contributed by atoms with van der Waals surface area (Å²) in [5.74, 6) is -0.243. The van der Waals surface area contributed by atoms with Gasteiger partial charge in [0.1, 0.15) is 12.1 Å². The van der Waals surface area contributed by atoms with Gasteiger partial charge in [0.15, 0.2) is 0 Å². The molecule has 4 unspecified atom stereocenters. The third-order valence-electron chi connectivity index (χ3n) is 7.41. The summed E-state index contributed by atoms with van der Waals surface area (Å²) >= 11 is 7.68. The standard InChI is InChI=1S/C15H19ClN2O2.C13H18N2O2S/c1-2-13(15(17)20)18-9-11(6-7-14(18)19)10-4-3-5-12(16)8-10;1-2-11(13(14)17)15-7-9(3-4-12(15)16)10-5-6-18-8-10/h3-5,8,11,13H,2,6-7,9H2,1H3,(H2,17,20);5-6,8-9,11H,2-4,7H2,1H3,(H2,14,17). The van der Waals surface area contributed by atoms with Crippen LogP contribution in [0.2, 0.25) is 5.02 Å². The zero-order valence-electron chi connectivity index (χ0n) is 22.0. The maximum atomic E-state index is 12.0. The molecular weight excluding hydrogens is 524 g/mol. The molecule has 4 rings (SSSR count). The minimum Gasteiger partial charge on any atom is -0.368 e. The normalized spacial score (nSPS) is 21.3. The van der Waals surface area contributed by atoms with Gasteiger partial charge < -0.3 is 21.3 Å². The Kier molecular flexibility index (Phi) is 10.7. The van der Waals surface area contributed by atoms with Gasteiger partial charge in [-0.15, -0.1) is 0 Å². The lowest BCUT2D eigenvalue weighted by Crippen LogP contribution is -2.51. The molecule has 2 fully saturated rings. The molecule has 2 aliphatic heterocycles. The highest BCUT2D eigenvalue weighted by Gasteiger charge is 2.34. The summed E-state index contributed by atoms with van der Waals surface area (Å²) in [6.07, 6.45) is 3.72. The lowest BCUT2D eigenvalue weighted by Gasteiger charge is -2.36. The van der Waals surface area contributed by atoms with Crippen LogP contribution in [0, 0.1) is 0 Å². The monoisotopic (exact) mass is 560 g/mol. The summed E-state index contributed by atoms with van der Waals surface area (Å²) in [7, 11) is 0. The van der Waals surface area contributed by atoms with E-state index in [0.29, 0.717) is 49.7 Å². The molecule has 2 aromatic rings. The molecule has 0 spiro atoms. The fraction of sp³-hybridized carbons (Fsp3) is 0.500. The van der Waals surface area contributed by atoms with Crippen molar-refractivity contribution in [2.24, 2.45) is 11.5 Å². The first-order valence-corrected chi connectivity index (χ1v) is 14.4. The van der Waals surface area contributed by atoms with E-state index in [1.54, 1.807) is 21.1 Å². The Morgan fingerprint density at radius 3 is 1.87 bits per heavy atom. The first kappa shape index (κ1) is 29.6. The zero-order valence-corrected chi connectivity index (χ0v) is 23.5. The number of halogens is 1. The third kappa shape index (κ3) is 7.35. The Hall–Kier alpha value is -2.91. The number of hydrogen-bond acceptors (Lipinski definition) is 5. The van der Waals surface area contributed by atoms with Crippen molar-refractivity contribution in [1.82, 2.24) is 9.80 Å². The van der Waals surface area contributed by atoms with Crippen LogP contribution in [-0.2, 0) is 19.2 Å². The predicted octanol–water partition coefficient (Wildman–Crippen LogP) is 4.03. The van der Waals surface area contributed by atoms with Crippen LogP contribution < -0.4 is 11.5 Å². The predicted molar refractivity (Wildman–Crippen MR) is 150 cm³/mol. The van der Waals surface area contributed by atoms with E-state index in [1.807, 2.05) is 43.5 Å². The van der Waals surface area contributed by atoms with Gasteiger partial charge in [-0.05, 0) is 65.8 Å². The van der Waals surface area contributed by atoms with E-state index in [2.05, 4.69) is 11.4 Å². The number of primary amides is 2. The summed E-state index contributed by atoms with van der Waals surface area (Å²) in [5.41, 5.74) is 13.1. The molecule has 2 aliphatic rings. The molecule has 4 N–H and O–H groups in total. The number of hydrogen-bond donors (Lipinski definition) is 2. The molecule has 1 aromatic carbocycles. The molecule has 8 nitrogen and oxygen atoms in total. The number of benzene rings is 1. The first-order chi connectivity index (χ1) is 18.2. The highest BCUT2D eigenvalue weighted by Crippen LogP contribution is 2.31. The number of amides is 4. The van der Waals surface area contributed by atoms with Crippen LogP contribution in [0.25, 0.3) is 0 Å². The van der Waals surface area contributed by atoms with Crippen LogP contribution in [-0.4, -0.2) is 58.6 Å². The highest BCUT2D eigenvalue weighted by molar-refractivity contribution is 7.08. The second-order valence-electron chi connectivity index (χ2n) is 9.83. The highest BCUT2D eigenvalue weighted by atomic mass is 35.5. The summed E-state index contributed by atoms with van der Waals surface area (Å²) in [5, 5.41) is 4.85. The van der Waals surface area contributed by atoms with Gasteiger partial charge in [-0.3, -0.25) is 19.2 Å². The number of thiophene rings is 1. The summed E-state index contributed by atoms with van der Waals surface area (Å²) < 4.78 is 0. The molecule has 1 aromatic heterocycles. The Labute approximate surface area is 233 Å². The number of nitrogens with two attached hydrogens (primary N) is 2. The number of nitrogens with zero attached hydrogens (tertiary/aromatic N) is 2. The Morgan fingerprint density at radius 1 is 0.921 bits per heavy atom. The number of likely N-dealkylation sites (tertiary alicyclic amines) is 2. The lowest BCUT2D eigenvalue weighted by atomic mass is 9.89. The van der Waals surface area contributed by atoms with E-state index in [9.17, 15) is 19.2 Å². The van der Waals surface area contributed by atoms with Crippen molar-refractivity contribution in [3.8, 4) is 0 Å². The molecule has 2 saturated heterocycles. The number of piperidine rings is 2. The smallest absolute Gasteiger partial charge is 0.240 e. The SMILES string of the molecule is CCC(C(N)=O)N1CC(c2cccc(Cl)c2)CCC1=O.CCC(C(N)=O)N1CC(c2ccsc2)CCC1=O. The molecule has 0 aliphatic carbocycles. The van der Waals surface area contributed by atoms with Gasteiger partial charge >= 0.3 is 0 Å².